The van der Waals surface area contributed by atoms with E-state index in [1.165, 1.54) is 24.3 Å². The summed E-state index contributed by atoms with van der Waals surface area (Å²) in [5.74, 6) is 4.76. The van der Waals surface area contributed by atoms with E-state index in [1.54, 1.807) is 37.3 Å². The van der Waals surface area contributed by atoms with E-state index in [9.17, 15) is 9.59 Å². The van der Waals surface area contributed by atoms with E-state index in [4.69, 9.17) is 18.1 Å². The van der Waals surface area contributed by atoms with Crippen molar-refractivity contribution >= 4 is 11.6 Å². The highest BCUT2D eigenvalue weighted by molar-refractivity contribution is 6.08. The van der Waals surface area contributed by atoms with Crippen molar-refractivity contribution in [3.8, 4) is 30.8 Å². The first-order valence-electron chi connectivity index (χ1n) is 7.33. The lowest BCUT2D eigenvalue weighted by Crippen LogP contribution is -2.16. The van der Waals surface area contributed by atoms with Gasteiger partial charge in [-0.1, -0.05) is 49.6 Å². The first-order valence-corrected chi connectivity index (χ1v) is 7.33. The molecule has 26 heavy (non-hydrogen) atoms. The van der Waals surface area contributed by atoms with E-state index >= 15 is 0 Å². The first-order chi connectivity index (χ1) is 11.8. The van der Waals surface area contributed by atoms with Gasteiger partial charge >= 0.3 is 0 Å². The quantitative estimate of drug-likeness (QED) is 0.564. The number of rotatable bonds is 2. The lowest BCUT2D eigenvalue weighted by atomic mass is 9.82. The minimum Gasteiger partial charge on any atom is -0.290 e. The molecule has 0 aromatic heterocycles. The molecule has 2 unspecified atom stereocenters. The van der Waals surface area contributed by atoms with E-state index in [-0.39, 0.29) is 24.6 Å². The SMILES string of the molecule is C.C#CC1(C=C)C=CC(=O)C(C#N)=C1.C#CC1(C=C)C=CC(=O)C(C)=C1. The van der Waals surface area contributed by atoms with Gasteiger partial charge in [0.15, 0.2) is 11.6 Å². The summed E-state index contributed by atoms with van der Waals surface area (Å²) in [7, 11) is 0. The predicted octanol–water partition coefficient (Wildman–Crippen LogP) is 3.89. The zero-order chi connectivity index (χ0) is 19.1. The van der Waals surface area contributed by atoms with Crippen LogP contribution >= 0.6 is 0 Å². The Morgan fingerprint density at radius 1 is 1.00 bits per heavy atom. The molecular weight excluding hydrogens is 322 g/mol. The molecule has 0 N–H and O–H groups in total. The van der Waals surface area contributed by atoms with Crippen LogP contribution in [-0.2, 0) is 9.59 Å². The van der Waals surface area contributed by atoms with Gasteiger partial charge in [-0.3, -0.25) is 9.59 Å². The number of allylic oxidation sites excluding steroid dienone is 10. The first kappa shape index (κ1) is 22.4. The molecule has 0 amide bonds. The Morgan fingerprint density at radius 3 is 1.85 bits per heavy atom. The van der Waals surface area contributed by atoms with Crippen molar-refractivity contribution in [3.63, 3.8) is 0 Å². The summed E-state index contributed by atoms with van der Waals surface area (Å²) in [5.41, 5.74) is -0.590. The van der Waals surface area contributed by atoms with Gasteiger partial charge < -0.3 is 0 Å². The average Bonchev–Trinajstić information content (AvgIpc) is 2.65. The molecule has 0 aromatic rings. The number of terminal acetylenes is 2. The second-order valence-electron chi connectivity index (χ2n) is 5.46. The van der Waals surface area contributed by atoms with Crippen molar-refractivity contribution in [1.82, 2.24) is 0 Å². The zero-order valence-electron chi connectivity index (χ0n) is 14.0. The summed E-state index contributed by atoms with van der Waals surface area (Å²) in [5, 5.41) is 8.61. The van der Waals surface area contributed by atoms with E-state index in [0.29, 0.717) is 5.57 Å². The molecule has 0 saturated carbocycles. The molecule has 0 fully saturated rings. The van der Waals surface area contributed by atoms with Gasteiger partial charge in [-0.15, -0.1) is 26.0 Å². The molecule has 0 radical (unpaired) electrons. The maximum atomic E-state index is 11.1. The molecule has 3 nitrogen and oxygen atoms in total. The van der Waals surface area contributed by atoms with E-state index in [1.807, 2.05) is 0 Å². The Bertz CT molecular complexity index is 875. The van der Waals surface area contributed by atoms with Crippen molar-refractivity contribution in [2.75, 3.05) is 0 Å². The van der Waals surface area contributed by atoms with E-state index in [2.05, 4.69) is 25.0 Å². The Balaban J connectivity index is 0.000000464. The smallest absolute Gasteiger partial charge is 0.195 e. The number of nitriles is 1. The van der Waals surface area contributed by atoms with Crippen molar-refractivity contribution in [3.05, 3.63) is 72.9 Å². The summed E-state index contributed by atoms with van der Waals surface area (Å²) < 4.78 is 0. The van der Waals surface area contributed by atoms with Crippen LogP contribution in [0.1, 0.15) is 14.4 Å². The van der Waals surface area contributed by atoms with Gasteiger partial charge in [0.1, 0.15) is 6.07 Å². The number of carbonyl (C=O) groups is 2. The fourth-order valence-corrected chi connectivity index (χ4v) is 2.12. The molecule has 130 valence electrons. The van der Waals surface area contributed by atoms with Gasteiger partial charge in [-0.25, -0.2) is 0 Å². The second kappa shape index (κ2) is 9.03. The zero-order valence-corrected chi connectivity index (χ0v) is 14.0. The number of carbonyl (C=O) groups excluding carboxylic acids is 2. The molecule has 0 saturated heterocycles. The second-order valence-corrected chi connectivity index (χ2v) is 5.46. The van der Waals surface area contributed by atoms with Crippen molar-refractivity contribution in [2.24, 2.45) is 10.8 Å². The normalized spacial score (nSPS) is 25.6. The Hall–Kier alpha value is -3.61. The predicted molar refractivity (Wildman–Crippen MR) is 105 cm³/mol. The van der Waals surface area contributed by atoms with Crippen LogP contribution in [0.5, 0.6) is 0 Å². The summed E-state index contributed by atoms with van der Waals surface area (Å²) in [6, 6.07) is 1.79. The van der Waals surface area contributed by atoms with Crippen LogP contribution in [0.3, 0.4) is 0 Å². The molecule has 0 heterocycles. The van der Waals surface area contributed by atoms with Crippen LogP contribution in [0.4, 0.5) is 0 Å². The average molecular weight is 343 g/mol. The molecule has 3 heteroatoms. The van der Waals surface area contributed by atoms with Gasteiger partial charge in [0.05, 0.1) is 16.4 Å². The summed E-state index contributed by atoms with van der Waals surface area (Å²) in [6.07, 6.45) is 23.0. The molecule has 0 aliphatic heterocycles. The van der Waals surface area contributed by atoms with Crippen LogP contribution in [0.2, 0.25) is 0 Å². The summed E-state index contributed by atoms with van der Waals surface area (Å²) in [4.78, 5) is 22.1. The largest absolute Gasteiger partial charge is 0.290 e. The van der Waals surface area contributed by atoms with Gasteiger partial charge in [-0.2, -0.15) is 5.26 Å². The third kappa shape index (κ3) is 4.70. The Morgan fingerprint density at radius 2 is 1.46 bits per heavy atom. The highest BCUT2D eigenvalue weighted by atomic mass is 16.1. The highest BCUT2D eigenvalue weighted by Crippen LogP contribution is 2.28. The molecule has 2 aliphatic carbocycles. The summed E-state index contributed by atoms with van der Waals surface area (Å²) >= 11 is 0. The fourth-order valence-electron chi connectivity index (χ4n) is 2.12. The van der Waals surface area contributed by atoms with Crippen molar-refractivity contribution in [2.45, 2.75) is 14.4 Å². The Kier molecular flexibility index (Phi) is 7.77. The lowest BCUT2D eigenvalue weighted by Gasteiger charge is -2.19. The number of hydrogen-bond acceptors (Lipinski definition) is 3. The molecule has 2 atom stereocenters. The monoisotopic (exact) mass is 343 g/mol. The number of nitrogens with zero attached hydrogens (tertiary/aromatic N) is 1. The van der Waals surface area contributed by atoms with Crippen molar-refractivity contribution in [1.29, 1.82) is 5.26 Å². The van der Waals surface area contributed by atoms with Crippen LogP contribution in [-0.4, -0.2) is 11.6 Å². The lowest BCUT2D eigenvalue weighted by molar-refractivity contribution is -0.112. The highest BCUT2D eigenvalue weighted by Gasteiger charge is 2.24. The molecule has 2 rings (SSSR count). The third-order valence-electron chi connectivity index (χ3n) is 3.81. The van der Waals surface area contributed by atoms with E-state index in [0.717, 1.165) is 0 Å². The molecule has 0 spiro atoms. The van der Waals surface area contributed by atoms with Gasteiger partial charge in [0.25, 0.3) is 0 Å². The minimum atomic E-state index is -0.779. The van der Waals surface area contributed by atoms with Crippen molar-refractivity contribution < 1.29 is 9.59 Å². The van der Waals surface area contributed by atoms with Crippen LogP contribution in [0.25, 0.3) is 0 Å². The van der Waals surface area contributed by atoms with Gasteiger partial charge in [0, 0.05) is 0 Å². The molecule has 0 bridgehead atoms. The van der Waals surface area contributed by atoms with Crippen LogP contribution in [0, 0.1) is 46.8 Å². The molecule has 2 aliphatic rings. The van der Waals surface area contributed by atoms with Gasteiger partial charge in [0.2, 0.25) is 0 Å². The standard InChI is InChI=1S/C11H7NO.C11H10O.CH4/c1-3-11(4-2)6-5-10(13)9(7-11)8-12;1-4-11(5-2)7-6-10(12)9(3)8-11;/h1,4-7H,2H2;1,5-8H,2H2,3H3;1H4. The minimum absolute atomic E-state index is 0. The maximum Gasteiger partial charge on any atom is 0.195 e. The fraction of sp³-hybridized carbons (Fsp3) is 0.174. The van der Waals surface area contributed by atoms with E-state index < -0.39 is 10.8 Å². The topological polar surface area (TPSA) is 57.9 Å². The summed E-state index contributed by atoms with van der Waals surface area (Å²) in [6.45, 7) is 8.95. The van der Waals surface area contributed by atoms with Crippen LogP contribution < -0.4 is 0 Å². The molecule has 0 aromatic carbocycles. The van der Waals surface area contributed by atoms with Gasteiger partial charge in [-0.05, 0) is 30.7 Å². The Labute approximate surface area is 155 Å². The van der Waals surface area contributed by atoms with Crippen LogP contribution in [0.15, 0.2) is 72.9 Å². The number of hydrogen-bond donors (Lipinski definition) is 0. The third-order valence-corrected chi connectivity index (χ3v) is 3.81. The number of ketones is 2. The molecular formula is C23H21NO2. The maximum absolute atomic E-state index is 11.1.